The van der Waals surface area contributed by atoms with Crippen molar-refractivity contribution in [1.82, 2.24) is 4.57 Å². The van der Waals surface area contributed by atoms with E-state index in [1.165, 1.54) is 12.1 Å². The maximum Gasteiger partial charge on any atom is 0.144 e. The van der Waals surface area contributed by atoms with Gasteiger partial charge in [0.05, 0.1) is 0 Å². The van der Waals surface area contributed by atoms with E-state index in [0.29, 0.717) is 0 Å². The molecule has 0 aromatic carbocycles. The molecule has 0 rings (SSSR count). The molecule has 1 nitrogen and oxygen atoms in total. The highest BCUT2D eigenvalue weighted by atomic mass is 28.3. The lowest BCUT2D eigenvalue weighted by Crippen LogP contribution is -2.38. The predicted octanol–water partition coefficient (Wildman–Crippen LogP) is 2.69. The molecule has 0 aromatic heterocycles. The molecule has 12 heavy (non-hydrogen) atoms. The first-order valence-electron chi connectivity index (χ1n) is 4.61. The molecule has 0 heterocycles. The Hall–Kier alpha value is -0.343. The summed E-state index contributed by atoms with van der Waals surface area (Å²) in [7, 11) is -0.389. The fourth-order valence-electron chi connectivity index (χ4n) is 1.35. The Morgan fingerprint density at radius 2 is 1.50 bits per heavy atom. The van der Waals surface area contributed by atoms with Crippen LogP contribution in [0.2, 0.25) is 12.1 Å². The fraction of sp³-hybridized carbons (Fsp3) is 0.600. The molecule has 0 bridgehead atoms. The molecule has 0 atom stereocenters. The Labute approximate surface area is 78.5 Å². The predicted molar refractivity (Wildman–Crippen MR) is 58.7 cm³/mol. The Morgan fingerprint density at radius 1 is 1.08 bits per heavy atom. The maximum absolute atomic E-state index is 3.80. The van der Waals surface area contributed by atoms with Crippen LogP contribution in [0.3, 0.4) is 0 Å². The van der Waals surface area contributed by atoms with E-state index in [0.717, 1.165) is 13.1 Å². The summed E-state index contributed by atoms with van der Waals surface area (Å²) in [4.78, 5) is 0. The van der Waals surface area contributed by atoms with Crippen molar-refractivity contribution in [2.45, 2.75) is 25.9 Å². The minimum Gasteiger partial charge on any atom is -0.324 e. The maximum atomic E-state index is 3.80. The van der Waals surface area contributed by atoms with Crippen LogP contribution in [0.5, 0.6) is 0 Å². The molecule has 0 saturated heterocycles. The van der Waals surface area contributed by atoms with Gasteiger partial charge in [-0.15, -0.1) is 13.2 Å². The first kappa shape index (κ1) is 11.7. The van der Waals surface area contributed by atoms with Gasteiger partial charge in [0.25, 0.3) is 0 Å². The van der Waals surface area contributed by atoms with Gasteiger partial charge in [0.2, 0.25) is 0 Å². The molecule has 0 spiro atoms. The molecule has 0 aromatic rings. The smallest absolute Gasteiger partial charge is 0.144 e. The van der Waals surface area contributed by atoms with E-state index in [1.54, 1.807) is 0 Å². The average Bonchev–Trinajstić information content (AvgIpc) is 2.07. The second-order valence-corrected chi connectivity index (χ2v) is 5.31. The Balaban J connectivity index is 4.02. The second kappa shape index (κ2) is 7.31. The minimum atomic E-state index is -0.389. The zero-order valence-electron chi connectivity index (χ0n) is 8.34. The summed E-state index contributed by atoms with van der Waals surface area (Å²) < 4.78 is 2.55. The summed E-state index contributed by atoms with van der Waals surface area (Å²) in [6.07, 6.45) is 4.08. The van der Waals surface area contributed by atoms with Crippen LogP contribution < -0.4 is 0 Å². The van der Waals surface area contributed by atoms with Gasteiger partial charge in [0, 0.05) is 0 Å². The summed E-state index contributed by atoms with van der Waals surface area (Å²) in [6.45, 7) is 14.4. The minimum absolute atomic E-state index is 0.389. The quantitative estimate of drug-likeness (QED) is 0.432. The summed E-state index contributed by atoms with van der Waals surface area (Å²) in [6, 6.07) is 2.33. The van der Waals surface area contributed by atoms with Gasteiger partial charge in [-0.3, -0.25) is 0 Å². The first-order chi connectivity index (χ1) is 5.79. The molecule has 0 aliphatic heterocycles. The van der Waals surface area contributed by atoms with E-state index in [-0.39, 0.29) is 8.96 Å². The molecule has 0 aliphatic carbocycles. The van der Waals surface area contributed by atoms with Gasteiger partial charge in [0.1, 0.15) is 8.96 Å². The summed E-state index contributed by atoms with van der Waals surface area (Å²) >= 11 is 0. The third-order valence-corrected chi connectivity index (χ3v) is 5.02. The van der Waals surface area contributed by atoms with Crippen LogP contribution in [0.4, 0.5) is 0 Å². The van der Waals surface area contributed by atoms with Gasteiger partial charge in [0.15, 0.2) is 0 Å². The molecule has 0 saturated carbocycles. The van der Waals surface area contributed by atoms with Crippen LogP contribution in [0.15, 0.2) is 25.3 Å². The molecule has 69 valence electrons. The second-order valence-electron chi connectivity index (χ2n) is 2.72. The summed E-state index contributed by atoms with van der Waals surface area (Å²) in [5, 5.41) is 0. The average molecular weight is 182 g/mol. The van der Waals surface area contributed by atoms with E-state index >= 15 is 0 Å². The lowest BCUT2D eigenvalue weighted by molar-refractivity contribution is 0.479. The molecular weight excluding hydrogens is 162 g/mol. The highest BCUT2D eigenvalue weighted by Gasteiger charge is 2.14. The highest BCUT2D eigenvalue weighted by Crippen LogP contribution is 2.06. The van der Waals surface area contributed by atoms with Crippen molar-refractivity contribution in [1.29, 1.82) is 0 Å². The lowest BCUT2D eigenvalue weighted by atomic mass is 10.7. The topological polar surface area (TPSA) is 3.24 Å². The Kier molecular flexibility index (Phi) is 7.10. The van der Waals surface area contributed by atoms with Crippen molar-refractivity contribution in [3.05, 3.63) is 25.3 Å². The molecular formula is C10H20NSi. The Morgan fingerprint density at radius 3 is 1.75 bits per heavy atom. The van der Waals surface area contributed by atoms with Crippen LogP contribution in [0.1, 0.15) is 13.8 Å². The van der Waals surface area contributed by atoms with Gasteiger partial charge < -0.3 is 4.57 Å². The largest absolute Gasteiger partial charge is 0.324 e. The molecule has 0 amide bonds. The number of hydrogen-bond donors (Lipinski definition) is 0. The van der Waals surface area contributed by atoms with Crippen LogP contribution in [-0.2, 0) is 0 Å². The molecule has 1 radical (unpaired) electrons. The zero-order chi connectivity index (χ0) is 9.40. The fourth-order valence-corrected chi connectivity index (χ4v) is 3.59. The summed E-state index contributed by atoms with van der Waals surface area (Å²) in [5.41, 5.74) is 0. The molecule has 0 N–H and O–H groups in total. The van der Waals surface area contributed by atoms with Crippen molar-refractivity contribution in [2.75, 3.05) is 13.1 Å². The van der Waals surface area contributed by atoms with E-state index in [9.17, 15) is 0 Å². The normalized spacial score (nSPS) is 10.7. The number of nitrogens with zero attached hydrogens (tertiary/aromatic N) is 1. The standard InChI is InChI=1S/C10H20NSi/c1-5-9-12(10-6-2)11(7-3)8-4/h5-6H,1-2,7-10H2,3-4H3. The third kappa shape index (κ3) is 3.88. The zero-order valence-corrected chi connectivity index (χ0v) is 9.34. The third-order valence-electron chi connectivity index (χ3n) is 1.97. The molecule has 0 fully saturated rings. The van der Waals surface area contributed by atoms with E-state index < -0.39 is 0 Å². The first-order valence-corrected chi connectivity index (χ1v) is 6.47. The SMILES string of the molecule is C=CC[Si](CC=C)N(CC)CC. The van der Waals surface area contributed by atoms with Crippen molar-refractivity contribution in [2.24, 2.45) is 0 Å². The number of allylic oxidation sites excluding steroid dienone is 2. The van der Waals surface area contributed by atoms with Crippen LogP contribution in [0.25, 0.3) is 0 Å². The number of hydrogen-bond acceptors (Lipinski definition) is 1. The van der Waals surface area contributed by atoms with Crippen LogP contribution in [-0.4, -0.2) is 26.6 Å². The molecule has 0 aliphatic rings. The van der Waals surface area contributed by atoms with Crippen LogP contribution >= 0.6 is 0 Å². The van der Waals surface area contributed by atoms with E-state index in [2.05, 4.69) is 31.6 Å². The molecule has 2 heteroatoms. The van der Waals surface area contributed by atoms with Gasteiger partial charge in [-0.05, 0) is 25.2 Å². The van der Waals surface area contributed by atoms with Crippen molar-refractivity contribution < 1.29 is 0 Å². The highest BCUT2D eigenvalue weighted by molar-refractivity contribution is 6.56. The van der Waals surface area contributed by atoms with E-state index in [1.807, 2.05) is 12.2 Å². The van der Waals surface area contributed by atoms with Crippen LogP contribution in [0, 0.1) is 0 Å². The Bertz CT molecular complexity index is 120. The van der Waals surface area contributed by atoms with E-state index in [4.69, 9.17) is 0 Å². The van der Waals surface area contributed by atoms with Gasteiger partial charge in [-0.2, -0.15) is 0 Å². The van der Waals surface area contributed by atoms with Gasteiger partial charge in [-0.25, -0.2) is 0 Å². The van der Waals surface area contributed by atoms with Crippen molar-refractivity contribution in [3.63, 3.8) is 0 Å². The summed E-state index contributed by atoms with van der Waals surface area (Å²) in [5.74, 6) is 0. The monoisotopic (exact) mass is 182 g/mol. The lowest BCUT2D eigenvalue weighted by Gasteiger charge is -2.25. The van der Waals surface area contributed by atoms with Gasteiger partial charge in [-0.1, -0.05) is 26.0 Å². The number of rotatable bonds is 7. The van der Waals surface area contributed by atoms with Crippen molar-refractivity contribution >= 4 is 8.96 Å². The van der Waals surface area contributed by atoms with Gasteiger partial charge >= 0.3 is 0 Å². The molecule has 0 unspecified atom stereocenters. The van der Waals surface area contributed by atoms with Crippen molar-refractivity contribution in [3.8, 4) is 0 Å².